The van der Waals surface area contributed by atoms with E-state index >= 15 is 0 Å². The van der Waals surface area contributed by atoms with Crippen molar-refractivity contribution in [2.45, 2.75) is 13.8 Å². The van der Waals surface area contributed by atoms with Crippen molar-refractivity contribution in [2.75, 3.05) is 0 Å². The number of benzene rings is 1. The molecule has 18 heavy (non-hydrogen) atoms. The summed E-state index contributed by atoms with van der Waals surface area (Å²) in [5.74, 6) is 0. The van der Waals surface area contributed by atoms with Crippen LogP contribution in [-0.2, 0) is 0 Å². The zero-order chi connectivity index (χ0) is 12.7. The predicted octanol–water partition coefficient (Wildman–Crippen LogP) is 2.10. The molecule has 0 saturated carbocycles. The van der Waals surface area contributed by atoms with Gasteiger partial charge in [0.25, 0.3) is 0 Å². The van der Waals surface area contributed by atoms with Gasteiger partial charge in [0.05, 0.1) is 0 Å². The topological polar surface area (TPSA) is 17.1 Å². The third-order valence-corrected chi connectivity index (χ3v) is 9.56. The monoisotopic (exact) mass is 278 g/mol. The Kier molecular flexibility index (Phi) is 3.77. The van der Waals surface area contributed by atoms with Crippen LogP contribution < -0.4 is 10.7 Å². The molecule has 1 aliphatic rings. The Labute approximate surface area is 133 Å². The first-order valence-electron chi connectivity index (χ1n) is 6.42. The zero-order valence-electron chi connectivity index (χ0n) is 10.8. The first kappa shape index (κ1) is 13.0. The molecule has 0 unspecified atom stereocenters. The van der Waals surface area contributed by atoms with E-state index in [4.69, 9.17) is 0 Å². The third kappa shape index (κ3) is 2.38. The molecule has 0 bridgehead atoms. The van der Waals surface area contributed by atoms with Gasteiger partial charge in [0, 0.05) is 0 Å². The molecule has 84 valence electrons. The summed E-state index contributed by atoms with van der Waals surface area (Å²) in [6.45, 7) is 4.25. The third-order valence-electron chi connectivity index (χ3n) is 3.59. The molecule has 4 radical (unpaired) electrons. The summed E-state index contributed by atoms with van der Waals surface area (Å²) in [4.78, 5) is 12.7. The summed E-state index contributed by atoms with van der Waals surface area (Å²) in [5, 5.41) is 2.90. The maximum absolute atomic E-state index is 12.7. The molecule has 2 aromatic rings. The fraction of sp³-hybridized carbons (Fsp3) is 0.133. The van der Waals surface area contributed by atoms with Gasteiger partial charge in [0.1, 0.15) is 0 Å². The quantitative estimate of drug-likeness (QED) is 0.533. The number of hydrogen-bond donors (Lipinski definition) is 0. The number of rotatable bonds is 0. The van der Waals surface area contributed by atoms with Crippen molar-refractivity contribution in [3.8, 4) is 0 Å². The van der Waals surface area contributed by atoms with E-state index in [0.29, 0.717) is 0 Å². The van der Waals surface area contributed by atoms with Gasteiger partial charge in [-0.05, 0) is 0 Å². The fourth-order valence-electron chi connectivity index (χ4n) is 2.53. The van der Waals surface area contributed by atoms with Gasteiger partial charge in [-0.25, -0.2) is 0 Å². The van der Waals surface area contributed by atoms with E-state index in [1.54, 1.807) is -0.612 Å². The number of hydrogen-bond acceptors (Lipinski definition) is 1. The van der Waals surface area contributed by atoms with E-state index in [-0.39, 0.29) is 5.43 Å². The second kappa shape index (κ2) is 5.20. The molecule has 2 aromatic carbocycles. The molecule has 0 fully saturated rings. The first-order chi connectivity index (χ1) is 8.65. The van der Waals surface area contributed by atoms with Gasteiger partial charge in [-0.3, -0.25) is 0 Å². The Morgan fingerprint density at radius 2 is 1.89 bits per heavy atom. The normalized spacial score (nSPS) is 14.2. The van der Waals surface area contributed by atoms with Crippen LogP contribution in [0.4, 0.5) is 0 Å². The van der Waals surface area contributed by atoms with Crippen molar-refractivity contribution in [3.05, 3.63) is 51.7 Å². The minimum atomic E-state index is -0.951. The van der Waals surface area contributed by atoms with Gasteiger partial charge in [-0.1, -0.05) is 0 Å². The Morgan fingerprint density at radius 3 is 2.72 bits per heavy atom. The van der Waals surface area contributed by atoms with Crippen LogP contribution in [0.3, 0.4) is 0 Å². The van der Waals surface area contributed by atoms with Gasteiger partial charge in [-0.15, -0.1) is 0 Å². The van der Waals surface area contributed by atoms with E-state index in [0.717, 1.165) is 21.6 Å². The van der Waals surface area contributed by atoms with Crippen LogP contribution in [0, 0.1) is 6.92 Å². The van der Waals surface area contributed by atoms with E-state index in [1.807, 2.05) is 13.0 Å². The van der Waals surface area contributed by atoms with E-state index in [2.05, 4.69) is 31.3 Å². The fourth-order valence-corrected chi connectivity index (χ4v) is 8.11. The summed E-state index contributed by atoms with van der Waals surface area (Å²) in [5.41, 5.74) is 2.57. The van der Waals surface area contributed by atoms with Gasteiger partial charge in [0.15, 0.2) is 0 Å². The van der Waals surface area contributed by atoms with Crippen molar-refractivity contribution >= 4 is 69.7 Å². The molecular formula is C15H12KOP. The van der Waals surface area contributed by atoms with Crippen molar-refractivity contribution in [2.24, 2.45) is 0 Å². The second-order valence-corrected chi connectivity index (χ2v) is 12.2. The van der Waals surface area contributed by atoms with Crippen LogP contribution in [-0.4, -0.2) is 45.4 Å². The van der Waals surface area contributed by atoms with Crippen molar-refractivity contribution in [1.82, 2.24) is 0 Å². The zero-order valence-corrected chi connectivity index (χ0v) is 14.8. The summed E-state index contributed by atoms with van der Waals surface area (Å²) in [7, 11) is 1.19. The molecule has 0 N–H and O–H groups in total. The summed E-state index contributed by atoms with van der Waals surface area (Å²) in [6.07, 6.45) is 0. The van der Waals surface area contributed by atoms with Crippen LogP contribution in [0.2, 0.25) is 0 Å². The summed E-state index contributed by atoms with van der Waals surface area (Å²) < 4.78 is 3.94. The van der Waals surface area contributed by atoms with Gasteiger partial charge in [-0.2, -0.15) is 0 Å². The Hall–Kier alpha value is 0.0464. The Balaban J connectivity index is 2.52. The van der Waals surface area contributed by atoms with Gasteiger partial charge in [0.2, 0.25) is 0 Å². The molecule has 0 saturated heterocycles. The molecule has 0 aromatic heterocycles. The SMILES string of the molecule is C[C]1=Pc2c(ccc3ccc(C)cc3c2=O)[CH]=[K]1. The van der Waals surface area contributed by atoms with Crippen LogP contribution in [0.1, 0.15) is 18.1 Å². The number of fused-ring (bicyclic) bond motifs is 2. The maximum atomic E-state index is 12.7. The summed E-state index contributed by atoms with van der Waals surface area (Å²) >= 11 is -0.951. The molecule has 0 atom stereocenters. The standard InChI is InChI=1S/C15H12OP.K/c1-4-17-15-11(3)6-8-12-7-5-10(2)9-13(12)14(15)16;/h3,5-9H,1-2H3;. The average molecular weight is 278 g/mol. The molecule has 3 heteroatoms. The molecular weight excluding hydrogens is 266 g/mol. The average Bonchev–Trinajstić information content (AvgIpc) is 2.49. The first-order valence-corrected chi connectivity index (χ1v) is 10.7. The summed E-state index contributed by atoms with van der Waals surface area (Å²) in [6, 6.07) is 10.4. The molecule has 1 heterocycles. The Morgan fingerprint density at radius 1 is 1.11 bits per heavy atom. The van der Waals surface area contributed by atoms with Gasteiger partial charge < -0.3 is 0 Å². The minimum absolute atomic E-state index is 0.221. The van der Waals surface area contributed by atoms with Crippen molar-refractivity contribution in [1.29, 1.82) is 0 Å². The molecule has 0 amide bonds. The van der Waals surface area contributed by atoms with Crippen LogP contribution >= 0.6 is 8.20 Å². The van der Waals surface area contributed by atoms with E-state index in [1.165, 1.54) is 13.8 Å². The van der Waals surface area contributed by atoms with Crippen LogP contribution in [0.15, 0.2) is 35.1 Å². The van der Waals surface area contributed by atoms with Crippen LogP contribution in [0.25, 0.3) is 10.8 Å². The Bertz CT molecular complexity index is 775. The molecule has 1 nitrogen and oxygen atoms in total. The second-order valence-electron chi connectivity index (χ2n) is 5.19. The van der Waals surface area contributed by atoms with E-state index < -0.39 is 46.0 Å². The predicted molar refractivity (Wildman–Crippen MR) is 83.1 cm³/mol. The number of aryl methyl sites for hydroxylation is 1. The molecule has 0 aliphatic carbocycles. The van der Waals surface area contributed by atoms with Crippen molar-refractivity contribution < 1.29 is 0 Å². The molecule has 0 spiro atoms. The van der Waals surface area contributed by atoms with Crippen LogP contribution in [0.5, 0.6) is 0 Å². The van der Waals surface area contributed by atoms with Gasteiger partial charge >= 0.3 is 135 Å². The van der Waals surface area contributed by atoms with Crippen molar-refractivity contribution in [3.63, 3.8) is 0 Å². The molecule has 1 aliphatic heterocycles. The van der Waals surface area contributed by atoms with E-state index in [9.17, 15) is 4.79 Å². The molecule has 3 rings (SSSR count).